The molecule has 1 aliphatic rings. The first-order chi connectivity index (χ1) is 12.6. The van der Waals surface area contributed by atoms with E-state index in [-0.39, 0.29) is 11.9 Å². The Kier molecular flexibility index (Phi) is 7.29. The molecule has 6 heteroatoms. The van der Waals surface area contributed by atoms with Crippen LogP contribution in [0.15, 0.2) is 36.5 Å². The smallest absolute Gasteiger partial charge is 0.337 e. The largest absolute Gasteiger partial charge is 0.465 e. The summed E-state index contributed by atoms with van der Waals surface area (Å²) < 4.78 is 4.65. The average molecular weight is 355 g/mol. The molecule has 2 heterocycles. The van der Waals surface area contributed by atoms with Crippen molar-refractivity contribution < 1.29 is 14.3 Å². The normalized spacial score (nSPS) is 11.8. The number of esters is 1. The molecule has 0 atom stereocenters. The zero-order valence-electron chi connectivity index (χ0n) is 15.5. The third kappa shape index (κ3) is 5.13. The van der Waals surface area contributed by atoms with Crippen LogP contribution in [0, 0.1) is 0 Å². The lowest BCUT2D eigenvalue weighted by molar-refractivity contribution is 0.0600. The van der Waals surface area contributed by atoms with E-state index in [0.717, 1.165) is 29.9 Å². The van der Waals surface area contributed by atoms with Crippen LogP contribution in [0.1, 0.15) is 57.8 Å². The van der Waals surface area contributed by atoms with E-state index in [4.69, 9.17) is 0 Å². The van der Waals surface area contributed by atoms with Gasteiger partial charge in [0.15, 0.2) is 0 Å². The first-order valence-corrected chi connectivity index (χ1v) is 8.73. The van der Waals surface area contributed by atoms with Gasteiger partial charge in [0.25, 0.3) is 5.91 Å². The summed E-state index contributed by atoms with van der Waals surface area (Å²) in [5.41, 5.74) is 4.01. The Labute approximate surface area is 154 Å². The molecule has 138 valence electrons. The fraction of sp³-hybridized carbons (Fsp3) is 0.350. The maximum absolute atomic E-state index is 12.2. The van der Waals surface area contributed by atoms with E-state index in [1.165, 1.54) is 13.5 Å². The van der Waals surface area contributed by atoms with E-state index in [2.05, 4.69) is 34.2 Å². The highest BCUT2D eigenvalue weighted by atomic mass is 16.5. The quantitative estimate of drug-likeness (QED) is 0.825. The Morgan fingerprint density at radius 1 is 1.15 bits per heavy atom. The molecule has 2 N–H and O–H groups in total. The number of benzene rings is 1. The summed E-state index contributed by atoms with van der Waals surface area (Å²) in [6.07, 6.45) is 2.85. The topological polar surface area (TPSA) is 80.3 Å². The predicted molar refractivity (Wildman–Crippen MR) is 99.7 cm³/mol. The maximum atomic E-state index is 12.2. The Hall–Kier alpha value is -2.73. The highest BCUT2D eigenvalue weighted by molar-refractivity contribution is 5.94. The van der Waals surface area contributed by atoms with Crippen LogP contribution in [0.4, 0.5) is 0 Å². The Bertz CT molecular complexity index is 757. The Morgan fingerprint density at radius 2 is 1.85 bits per heavy atom. The van der Waals surface area contributed by atoms with Crippen molar-refractivity contribution in [3.63, 3.8) is 0 Å². The van der Waals surface area contributed by atoms with Crippen LogP contribution in [0.3, 0.4) is 0 Å². The molecule has 0 fully saturated rings. The first-order valence-electron chi connectivity index (χ1n) is 8.73. The van der Waals surface area contributed by atoms with Crippen LogP contribution < -0.4 is 10.6 Å². The molecule has 3 rings (SSSR count). The van der Waals surface area contributed by atoms with Gasteiger partial charge >= 0.3 is 5.97 Å². The highest BCUT2D eigenvalue weighted by Crippen LogP contribution is 2.14. The molecule has 0 aliphatic carbocycles. The SMILES string of the molecule is CCC.COC(=O)c1ccc(CNC(=O)c2cnc3c(c2)CNC3)cc1. The van der Waals surface area contributed by atoms with Crippen LogP contribution in [-0.4, -0.2) is 24.0 Å². The molecule has 0 bridgehead atoms. The van der Waals surface area contributed by atoms with Crippen molar-refractivity contribution in [1.29, 1.82) is 0 Å². The van der Waals surface area contributed by atoms with Crippen LogP contribution in [-0.2, 0) is 24.4 Å². The number of amides is 1. The van der Waals surface area contributed by atoms with Crippen molar-refractivity contribution in [2.75, 3.05) is 7.11 Å². The van der Waals surface area contributed by atoms with E-state index < -0.39 is 0 Å². The maximum Gasteiger partial charge on any atom is 0.337 e. The average Bonchev–Trinajstić information content (AvgIpc) is 3.14. The predicted octanol–water partition coefficient (Wildman–Crippen LogP) is 2.82. The number of aromatic nitrogens is 1. The third-order valence-electron chi connectivity index (χ3n) is 3.76. The monoisotopic (exact) mass is 355 g/mol. The molecule has 26 heavy (non-hydrogen) atoms. The van der Waals surface area contributed by atoms with Crippen molar-refractivity contribution in [2.24, 2.45) is 0 Å². The van der Waals surface area contributed by atoms with Gasteiger partial charge in [-0.1, -0.05) is 32.4 Å². The molecule has 1 aromatic heterocycles. The molecule has 0 saturated heterocycles. The number of nitrogens with zero attached hydrogens (tertiary/aromatic N) is 1. The second-order valence-corrected chi connectivity index (χ2v) is 6.01. The van der Waals surface area contributed by atoms with E-state index >= 15 is 0 Å². The summed E-state index contributed by atoms with van der Waals surface area (Å²) in [7, 11) is 1.34. The number of carbonyl (C=O) groups is 2. The van der Waals surface area contributed by atoms with Gasteiger partial charge in [-0.2, -0.15) is 0 Å². The van der Waals surface area contributed by atoms with Crippen molar-refractivity contribution in [3.05, 3.63) is 64.5 Å². The van der Waals surface area contributed by atoms with Crippen LogP contribution in [0.25, 0.3) is 0 Å². The van der Waals surface area contributed by atoms with Crippen molar-refractivity contribution >= 4 is 11.9 Å². The van der Waals surface area contributed by atoms with Gasteiger partial charge in [-0.3, -0.25) is 9.78 Å². The number of pyridine rings is 1. The summed E-state index contributed by atoms with van der Waals surface area (Å²) in [5.74, 6) is -0.539. The molecule has 0 spiro atoms. The summed E-state index contributed by atoms with van der Waals surface area (Å²) in [6.45, 7) is 6.14. The molecule has 0 radical (unpaired) electrons. The van der Waals surface area contributed by atoms with Gasteiger partial charge in [0, 0.05) is 25.8 Å². The minimum atomic E-state index is -0.376. The molecule has 1 amide bonds. The highest BCUT2D eigenvalue weighted by Gasteiger charge is 2.14. The fourth-order valence-corrected chi connectivity index (χ4v) is 2.45. The van der Waals surface area contributed by atoms with Gasteiger partial charge in [-0.25, -0.2) is 4.79 Å². The standard InChI is InChI=1S/C17H17N3O3.C3H8/c1-23-17(22)12-4-2-11(3-5-12)7-20-16(21)14-6-13-8-18-10-15(13)19-9-14;1-3-2/h2-6,9,18H,7-8,10H2,1H3,(H,20,21);3H2,1-2H3. The molecule has 0 unspecified atom stereocenters. The van der Waals surface area contributed by atoms with E-state index in [0.29, 0.717) is 17.7 Å². The number of ether oxygens (including phenoxy) is 1. The van der Waals surface area contributed by atoms with Gasteiger partial charge in [0.2, 0.25) is 0 Å². The molecular formula is C20H25N3O3. The molecular weight excluding hydrogens is 330 g/mol. The van der Waals surface area contributed by atoms with Gasteiger partial charge in [-0.05, 0) is 29.3 Å². The molecule has 1 aromatic carbocycles. The number of rotatable bonds is 4. The van der Waals surface area contributed by atoms with Crippen molar-refractivity contribution in [2.45, 2.75) is 39.9 Å². The van der Waals surface area contributed by atoms with E-state index in [9.17, 15) is 9.59 Å². The Morgan fingerprint density at radius 3 is 2.50 bits per heavy atom. The third-order valence-corrected chi connectivity index (χ3v) is 3.76. The number of carbonyl (C=O) groups excluding carboxylic acids is 2. The summed E-state index contributed by atoms with van der Waals surface area (Å²) in [4.78, 5) is 27.9. The molecule has 1 aliphatic heterocycles. The summed E-state index contributed by atoms with van der Waals surface area (Å²) in [6, 6.07) is 8.80. The van der Waals surface area contributed by atoms with Crippen LogP contribution in [0.2, 0.25) is 0 Å². The zero-order chi connectivity index (χ0) is 18.9. The van der Waals surface area contributed by atoms with Gasteiger partial charge in [0.1, 0.15) is 0 Å². The number of nitrogens with one attached hydrogen (secondary N) is 2. The minimum absolute atomic E-state index is 0.163. The number of methoxy groups -OCH3 is 1. The lowest BCUT2D eigenvalue weighted by atomic mass is 10.1. The molecule has 0 saturated carbocycles. The Balaban J connectivity index is 0.000000758. The van der Waals surface area contributed by atoms with Gasteiger partial charge < -0.3 is 15.4 Å². The van der Waals surface area contributed by atoms with Crippen molar-refractivity contribution in [1.82, 2.24) is 15.6 Å². The summed E-state index contributed by atoms with van der Waals surface area (Å²) in [5, 5.41) is 6.05. The number of fused-ring (bicyclic) bond motifs is 1. The second kappa shape index (κ2) is 9.68. The lowest BCUT2D eigenvalue weighted by Crippen LogP contribution is -2.23. The summed E-state index contributed by atoms with van der Waals surface area (Å²) >= 11 is 0. The van der Waals surface area contributed by atoms with E-state index in [1.807, 2.05) is 6.07 Å². The second-order valence-electron chi connectivity index (χ2n) is 6.01. The van der Waals surface area contributed by atoms with Crippen LogP contribution in [0.5, 0.6) is 0 Å². The minimum Gasteiger partial charge on any atom is -0.465 e. The molecule has 6 nitrogen and oxygen atoms in total. The van der Waals surface area contributed by atoms with Crippen LogP contribution >= 0.6 is 0 Å². The number of hydrogen-bond donors (Lipinski definition) is 2. The first kappa shape index (κ1) is 19.6. The zero-order valence-corrected chi connectivity index (χ0v) is 15.5. The van der Waals surface area contributed by atoms with Gasteiger partial charge in [0.05, 0.1) is 23.9 Å². The fourth-order valence-electron chi connectivity index (χ4n) is 2.45. The van der Waals surface area contributed by atoms with Gasteiger partial charge in [-0.15, -0.1) is 0 Å². The van der Waals surface area contributed by atoms with Crippen molar-refractivity contribution in [3.8, 4) is 0 Å². The lowest BCUT2D eigenvalue weighted by Gasteiger charge is -2.07. The number of hydrogen-bond acceptors (Lipinski definition) is 5. The molecule has 2 aromatic rings. The van der Waals surface area contributed by atoms with E-state index in [1.54, 1.807) is 30.5 Å².